The summed E-state index contributed by atoms with van der Waals surface area (Å²) < 4.78 is 27.9. The maximum atomic E-state index is 14.3. The quantitative estimate of drug-likeness (QED) is 0.528. The van der Waals surface area contributed by atoms with E-state index in [1.165, 1.54) is 24.4 Å². The van der Waals surface area contributed by atoms with Crippen molar-refractivity contribution >= 4 is 17.5 Å². The van der Waals surface area contributed by atoms with Crippen LogP contribution in [0, 0.1) is 5.82 Å². The third kappa shape index (κ3) is 4.03. The monoisotopic (exact) mass is 425 g/mol. The molecule has 1 aliphatic carbocycles. The van der Waals surface area contributed by atoms with Crippen LogP contribution >= 0.6 is 0 Å². The zero-order valence-corrected chi connectivity index (χ0v) is 16.8. The first-order valence-corrected chi connectivity index (χ1v) is 9.80. The summed E-state index contributed by atoms with van der Waals surface area (Å²) in [5, 5.41) is 23.6. The standard InChI is InChI=1S/C22H21F2N5O2/c1-25-18-5-4-13(9-15(18)21(30)31)17-6-7-19(29-28-17)27-12-22(10-14(23)11-22)20-16(24)3-2-8-26-20/h2-9,14,25H,10-12H2,1H3,(H,27,29)(H,30,31). The van der Waals surface area contributed by atoms with Crippen LogP contribution in [0.3, 0.4) is 0 Å². The molecule has 7 nitrogen and oxygen atoms in total. The molecular formula is C22H21F2N5O2. The Morgan fingerprint density at radius 2 is 2.03 bits per heavy atom. The van der Waals surface area contributed by atoms with Gasteiger partial charge in [-0.3, -0.25) is 4.98 Å². The first-order valence-electron chi connectivity index (χ1n) is 9.80. The number of carboxylic acid groups (broad SMARTS) is 1. The van der Waals surface area contributed by atoms with Gasteiger partial charge in [0.15, 0.2) is 0 Å². The minimum absolute atomic E-state index is 0.133. The van der Waals surface area contributed by atoms with Crippen molar-refractivity contribution in [3.8, 4) is 11.3 Å². The molecule has 0 unspecified atom stereocenters. The van der Waals surface area contributed by atoms with E-state index >= 15 is 0 Å². The number of nitrogens with one attached hydrogen (secondary N) is 2. The van der Waals surface area contributed by atoms with Crippen LogP contribution in [0.25, 0.3) is 11.3 Å². The van der Waals surface area contributed by atoms with Crippen LogP contribution in [0.4, 0.5) is 20.3 Å². The SMILES string of the molecule is CNc1ccc(-c2ccc(NCC3(c4ncccc4F)CC(F)C3)nn2)cc1C(=O)O. The molecule has 3 aromatic rings. The van der Waals surface area contributed by atoms with Gasteiger partial charge in [-0.15, -0.1) is 10.2 Å². The number of benzene rings is 1. The molecule has 0 radical (unpaired) electrons. The van der Waals surface area contributed by atoms with Gasteiger partial charge in [0.1, 0.15) is 17.8 Å². The van der Waals surface area contributed by atoms with Crippen molar-refractivity contribution in [1.29, 1.82) is 0 Å². The van der Waals surface area contributed by atoms with Gasteiger partial charge in [-0.05, 0) is 49.2 Å². The van der Waals surface area contributed by atoms with E-state index in [2.05, 4.69) is 25.8 Å². The predicted octanol–water partition coefficient (Wildman–Crippen LogP) is 3.90. The Hall–Kier alpha value is -3.62. The molecule has 2 heterocycles. The normalized spacial score (nSPS) is 20.0. The molecule has 1 fully saturated rings. The molecule has 0 saturated heterocycles. The van der Waals surface area contributed by atoms with Gasteiger partial charge in [0, 0.05) is 36.5 Å². The molecule has 0 spiro atoms. The summed E-state index contributed by atoms with van der Waals surface area (Å²) in [5.74, 6) is -1.04. The van der Waals surface area contributed by atoms with E-state index in [0.29, 0.717) is 22.8 Å². The Morgan fingerprint density at radius 1 is 1.23 bits per heavy atom. The molecule has 1 saturated carbocycles. The predicted molar refractivity (Wildman–Crippen MR) is 112 cm³/mol. The molecule has 0 bridgehead atoms. The number of hydrogen-bond acceptors (Lipinski definition) is 6. The van der Waals surface area contributed by atoms with E-state index < -0.39 is 23.4 Å². The molecule has 0 aliphatic heterocycles. The van der Waals surface area contributed by atoms with Gasteiger partial charge in [0.05, 0.1) is 17.0 Å². The highest BCUT2D eigenvalue weighted by molar-refractivity contribution is 5.95. The number of pyridine rings is 1. The number of alkyl halides is 1. The lowest BCUT2D eigenvalue weighted by molar-refractivity contribution is 0.0698. The third-order valence-corrected chi connectivity index (χ3v) is 5.57. The van der Waals surface area contributed by atoms with E-state index in [9.17, 15) is 18.7 Å². The second-order valence-electron chi connectivity index (χ2n) is 7.59. The average molecular weight is 425 g/mol. The molecule has 9 heteroatoms. The molecule has 2 aromatic heterocycles. The Morgan fingerprint density at radius 3 is 2.65 bits per heavy atom. The summed E-state index contributed by atoms with van der Waals surface area (Å²) >= 11 is 0. The largest absolute Gasteiger partial charge is 0.478 e. The maximum Gasteiger partial charge on any atom is 0.337 e. The van der Waals surface area contributed by atoms with Crippen molar-refractivity contribution in [3.05, 3.63) is 65.7 Å². The number of aromatic carboxylic acids is 1. The number of hydrogen-bond donors (Lipinski definition) is 3. The van der Waals surface area contributed by atoms with Gasteiger partial charge in [-0.2, -0.15) is 0 Å². The Kier molecular flexibility index (Phi) is 5.50. The van der Waals surface area contributed by atoms with Gasteiger partial charge >= 0.3 is 5.97 Å². The van der Waals surface area contributed by atoms with Crippen LogP contribution in [-0.4, -0.2) is 46.0 Å². The first kappa shape index (κ1) is 20.6. The Bertz CT molecular complexity index is 1100. The van der Waals surface area contributed by atoms with Crippen LogP contribution in [0.2, 0.25) is 0 Å². The lowest BCUT2D eigenvalue weighted by Crippen LogP contribution is -2.49. The fraction of sp³-hybridized carbons (Fsp3) is 0.273. The van der Waals surface area contributed by atoms with Gasteiger partial charge in [-0.25, -0.2) is 13.6 Å². The third-order valence-electron chi connectivity index (χ3n) is 5.57. The van der Waals surface area contributed by atoms with Gasteiger partial charge < -0.3 is 15.7 Å². The molecule has 4 rings (SSSR count). The summed E-state index contributed by atoms with van der Waals surface area (Å²) in [7, 11) is 1.65. The fourth-order valence-corrected chi connectivity index (χ4v) is 3.92. The van der Waals surface area contributed by atoms with Crippen LogP contribution in [0.5, 0.6) is 0 Å². The summed E-state index contributed by atoms with van der Waals surface area (Å²) in [5.41, 5.74) is 1.28. The maximum absolute atomic E-state index is 14.3. The number of anilines is 2. The van der Waals surface area contributed by atoms with Gasteiger partial charge in [-0.1, -0.05) is 6.07 Å². The van der Waals surface area contributed by atoms with E-state index in [4.69, 9.17) is 0 Å². The molecule has 3 N–H and O–H groups in total. The smallest absolute Gasteiger partial charge is 0.337 e. The average Bonchev–Trinajstić information content (AvgIpc) is 2.76. The van der Waals surface area contributed by atoms with Crippen molar-refractivity contribution in [1.82, 2.24) is 15.2 Å². The van der Waals surface area contributed by atoms with Gasteiger partial charge in [0.2, 0.25) is 0 Å². The number of nitrogens with zero attached hydrogens (tertiary/aromatic N) is 3. The minimum Gasteiger partial charge on any atom is -0.478 e. The van der Waals surface area contributed by atoms with Crippen molar-refractivity contribution in [2.75, 3.05) is 24.2 Å². The summed E-state index contributed by atoms with van der Waals surface area (Å²) in [6.07, 6.45) is 0.899. The number of carbonyl (C=O) groups is 1. The second kappa shape index (κ2) is 8.25. The van der Waals surface area contributed by atoms with Crippen molar-refractivity contribution in [2.24, 2.45) is 0 Å². The van der Waals surface area contributed by atoms with Crippen LogP contribution in [-0.2, 0) is 5.41 Å². The lowest BCUT2D eigenvalue weighted by Gasteiger charge is -2.44. The first-order chi connectivity index (χ1) is 14.9. The van der Waals surface area contributed by atoms with Crippen LogP contribution in [0.1, 0.15) is 28.9 Å². The fourth-order valence-electron chi connectivity index (χ4n) is 3.92. The van der Waals surface area contributed by atoms with Gasteiger partial charge in [0.25, 0.3) is 0 Å². The highest BCUT2D eigenvalue weighted by Gasteiger charge is 2.48. The molecule has 0 atom stereocenters. The minimum atomic E-state index is -1.05. The van der Waals surface area contributed by atoms with Crippen LogP contribution < -0.4 is 10.6 Å². The molecule has 1 aliphatic rings. The van der Waals surface area contributed by atoms with E-state index in [1.807, 2.05) is 0 Å². The zero-order chi connectivity index (χ0) is 22.0. The molecule has 1 aromatic carbocycles. The highest BCUT2D eigenvalue weighted by Crippen LogP contribution is 2.45. The number of rotatable bonds is 7. The molecule has 0 amide bonds. The Balaban J connectivity index is 1.51. The summed E-state index contributed by atoms with van der Waals surface area (Å²) in [6.45, 7) is 0.273. The second-order valence-corrected chi connectivity index (χ2v) is 7.59. The molecule has 31 heavy (non-hydrogen) atoms. The van der Waals surface area contributed by atoms with E-state index in [0.717, 1.165) is 0 Å². The van der Waals surface area contributed by atoms with Crippen molar-refractivity contribution in [2.45, 2.75) is 24.4 Å². The van der Waals surface area contributed by atoms with Crippen molar-refractivity contribution in [3.63, 3.8) is 0 Å². The number of carboxylic acids is 1. The number of aromatic nitrogens is 3. The Labute approximate surface area is 177 Å². The summed E-state index contributed by atoms with van der Waals surface area (Å²) in [6, 6.07) is 11.2. The molecule has 160 valence electrons. The van der Waals surface area contributed by atoms with Crippen LogP contribution in [0.15, 0.2) is 48.7 Å². The van der Waals surface area contributed by atoms with E-state index in [1.54, 1.807) is 31.3 Å². The van der Waals surface area contributed by atoms with Crippen molar-refractivity contribution < 1.29 is 18.7 Å². The lowest BCUT2D eigenvalue weighted by atomic mass is 9.65. The number of halogens is 2. The zero-order valence-electron chi connectivity index (χ0n) is 16.8. The van der Waals surface area contributed by atoms with E-state index in [-0.39, 0.29) is 30.6 Å². The topological polar surface area (TPSA) is 100 Å². The summed E-state index contributed by atoms with van der Waals surface area (Å²) in [4.78, 5) is 15.6. The highest BCUT2D eigenvalue weighted by atomic mass is 19.1. The molecular weight excluding hydrogens is 404 g/mol.